The van der Waals surface area contributed by atoms with Crippen molar-refractivity contribution in [3.8, 4) is 5.75 Å². The summed E-state index contributed by atoms with van der Waals surface area (Å²) in [5, 5.41) is 4.64. The highest BCUT2D eigenvalue weighted by Crippen LogP contribution is 2.24. The van der Waals surface area contributed by atoms with E-state index in [9.17, 15) is 13.2 Å². The fraction of sp³-hybridized carbons (Fsp3) is 0.421. The minimum Gasteiger partial charge on any atom is -0.492 e. The highest BCUT2D eigenvalue weighted by atomic mass is 32.2. The Morgan fingerprint density at radius 2 is 1.96 bits per heavy atom. The van der Waals surface area contributed by atoms with Gasteiger partial charge in [0.05, 0.1) is 18.8 Å². The Morgan fingerprint density at radius 1 is 1.21 bits per heavy atom. The zero-order valence-electron chi connectivity index (χ0n) is 15.8. The van der Waals surface area contributed by atoms with Crippen molar-refractivity contribution >= 4 is 33.0 Å². The van der Waals surface area contributed by atoms with Crippen molar-refractivity contribution in [1.82, 2.24) is 9.62 Å². The molecule has 0 spiro atoms. The maximum Gasteiger partial charge on any atom is 0.250 e. The second-order valence-electron chi connectivity index (χ2n) is 6.58. The number of amides is 1. The average Bonchev–Trinajstić information content (AvgIpc) is 3.21. The largest absolute Gasteiger partial charge is 0.492 e. The first-order chi connectivity index (χ1) is 13.5. The van der Waals surface area contributed by atoms with Gasteiger partial charge in [-0.05, 0) is 43.3 Å². The van der Waals surface area contributed by atoms with E-state index in [0.717, 1.165) is 0 Å². The van der Waals surface area contributed by atoms with E-state index < -0.39 is 10.0 Å². The van der Waals surface area contributed by atoms with Gasteiger partial charge in [0, 0.05) is 19.1 Å². The Bertz CT molecular complexity index is 876. The van der Waals surface area contributed by atoms with E-state index in [-0.39, 0.29) is 18.5 Å². The number of hydrogen-bond donors (Lipinski definition) is 2. The normalized spacial score (nSPS) is 16.0. The van der Waals surface area contributed by atoms with Gasteiger partial charge in [-0.3, -0.25) is 9.69 Å². The molecule has 2 heterocycles. The number of carbonyl (C=O) groups excluding carboxylic acids is 1. The highest BCUT2D eigenvalue weighted by molar-refractivity contribution is 7.91. The molecule has 152 valence electrons. The first kappa shape index (κ1) is 20.8. The van der Waals surface area contributed by atoms with E-state index in [2.05, 4.69) is 10.0 Å². The molecule has 1 saturated heterocycles. The van der Waals surface area contributed by atoms with E-state index in [1.165, 1.54) is 11.3 Å². The maximum atomic E-state index is 12.4. The quantitative estimate of drug-likeness (QED) is 0.681. The van der Waals surface area contributed by atoms with Gasteiger partial charge < -0.3 is 10.1 Å². The zero-order chi connectivity index (χ0) is 20.0. The van der Waals surface area contributed by atoms with E-state index in [4.69, 9.17) is 4.74 Å². The SMILES string of the molecule is CCOc1ccccc1NC(=O)CN1CCC(NS(=O)(=O)c2cccs2)CC1. The number of nitrogens with zero attached hydrogens (tertiary/aromatic N) is 1. The molecule has 3 rings (SSSR count). The molecule has 0 unspecified atom stereocenters. The highest BCUT2D eigenvalue weighted by Gasteiger charge is 2.26. The number of anilines is 1. The standard InChI is InChI=1S/C19H25N3O4S2/c1-2-26-17-7-4-3-6-16(17)20-18(23)14-22-11-9-15(10-12-22)21-28(24,25)19-8-5-13-27-19/h3-8,13,15,21H,2,9-12,14H2,1H3,(H,20,23). The van der Waals surface area contributed by atoms with Gasteiger partial charge in [-0.2, -0.15) is 0 Å². The minimum atomic E-state index is -3.45. The van der Waals surface area contributed by atoms with Crippen molar-refractivity contribution in [2.24, 2.45) is 0 Å². The summed E-state index contributed by atoms with van der Waals surface area (Å²) >= 11 is 1.21. The second-order valence-corrected chi connectivity index (χ2v) is 9.47. The van der Waals surface area contributed by atoms with Gasteiger partial charge in [0.1, 0.15) is 9.96 Å². The number of carbonyl (C=O) groups is 1. The van der Waals surface area contributed by atoms with Crippen LogP contribution in [0, 0.1) is 0 Å². The van der Waals surface area contributed by atoms with Gasteiger partial charge in [0.25, 0.3) is 0 Å². The average molecular weight is 424 g/mol. The van der Waals surface area contributed by atoms with E-state index >= 15 is 0 Å². The Balaban J connectivity index is 1.47. The molecule has 28 heavy (non-hydrogen) atoms. The van der Waals surface area contributed by atoms with Gasteiger partial charge in [-0.15, -0.1) is 11.3 Å². The Kier molecular flexibility index (Phi) is 7.06. The molecule has 1 aliphatic heterocycles. The van der Waals surface area contributed by atoms with Gasteiger partial charge in [0.15, 0.2) is 0 Å². The molecular formula is C19H25N3O4S2. The predicted octanol–water partition coefficient (Wildman–Crippen LogP) is 2.53. The summed E-state index contributed by atoms with van der Waals surface area (Å²) in [5.41, 5.74) is 0.660. The first-order valence-electron chi connectivity index (χ1n) is 9.28. The lowest BCUT2D eigenvalue weighted by Gasteiger charge is -2.31. The van der Waals surface area contributed by atoms with Crippen LogP contribution in [0.3, 0.4) is 0 Å². The summed E-state index contributed by atoms with van der Waals surface area (Å²) in [6.07, 6.45) is 1.35. The second kappa shape index (κ2) is 9.51. The van der Waals surface area contributed by atoms with Crippen LogP contribution in [-0.4, -0.2) is 51.5 Å². The lowest BCUT2D eigenvalue weighted by Crippen LogP contribution is -2.46. The molecule has 1 aliphatic rings. The molecule has 1 aromatic carbocycles. The molecule has 9 heteroatoms. The molecule has 0 radical (unpaired) electrons. The molecule has 0 bridgehead atoms. The van der Waals surface area contributed by atoms with Gasteiger partial charge in [-0.25, -0.2) is 13.1 Å². The maximum absolute atomic E-state index is 12.4. The number of piperidine rings is 1. The third-order valence-electron chi connectivity index (χ3n) is 4.50. The van der Waals surface area contributed by atoms with Crippen molar-refractivity contribution in [3.05, 3.63) is 41.8 Å². The zero-order valence-corrected chi connectivity index (χ0v) is 17.4. The van der Waals surface area contributed by atoms with Crippen molar-refractivity contribution in [2.75, 3.05) is 31.6 Å². The summed E-state index contributed by atoms with van der Waals surface area (Å²) in [4.78, 5) is 14.4. The lowest BCUT2D eigenvalue weighted by atomic mass is 10.1. The van der Waals surface area contributed by atoms with Crippen LogP contribution in [-0.2, 0) is 14.8 Å². The molecule has 0 saturated carbocycles. The van der Waals surface area contributed by atoms with Crippen LogP contribution >= 0.6 is 11.3 Å². The third-order valence-corrected chi connectivity index (χ3v) is 7.42. The smallest absolute Gasteiger partial charge is 0.250 e. The van der Waals surface area contributed by atoms with E-state index in [1.54, 1.807) is 17.5 Å². The van der Waals surface area contributed by atoms with Gasteiger partial charge in [0.2, 0.25) is 15.9 Å². The number of ether oxygens (including phenoxy) is 1. The molecule has 2 N–H and O–H groups in total. The Hall–Kier alpha value is -1.94. The van der Waals surface area contributed by atoms with Gasteiger partial charge in [-0.1, -0.05) is 18.2 Å². The third kappa shape index (κ3) is 5.54. The summed E-state index contributed by atoms with van der Waals surface area (Å²) in [6, 6.07) is 10.6. The number of para-hydroxylation sites is 2. The number of likely N-dealkylation sites (tertiary alicyclic amines) is 1. The van der Waals surface area contributed by atoms with E-state index in [1.807, 2.05) is 36.1 Å². The van der Waals surface area contributed by atoms with Crippen LogP contribution in [0.5, 0.6) is 5.75 Å². The fourth-order valence-corrected chi connectivity index (χ4v) is 5.46. The van der Waals surface area contributed by atoms with E-state index in [0.29, 0.717) is 48.2 Å². The molecule has 1 fully saturated rings. The van der Waals surface area contributed by atoms with Crippen molar-refractivity contribution in [3.63, 3.8) is 0 Å². The number of thiophene rings is 1. The molecular weight excluding hydrogens is 398 g/mol. The summed E-state index contributed by atoms with van der Waals surface area (Å²) < 4.78 is 33.3. The lowest BCUT2D eigenvalue weighted by molar-refractivity contribution is -0.117. The summed E-state index contributed by atoms with van der Waals surface area (Å²) in [7, 11) is -3.45. The minimum absolute atomic E-state index is 0.106. The topological polar surface area (TPSA) is 87.7 Å². The number of hydrogen-bond acceptors (Lipinski definition) is 6. The van der Waals surface area contributed by atoms with Crippen LogP contribution in [0.4, 0.5) is 5.69 Å². The molecule has 1 amide bonds. The van der Waals surface area contributed by atoms with Crippen molar-refractivity contribution < 1.29 is 17.9 Å². The van der Waals surface area contributed by atoms with Crippen LogP contribution in [0.1, 0.15) is 19.8 Å². The fourth-order valence-electron chi connectivity index (χ4n) is 3.15. The molecule has 2 aromatic rings. The van der Waals surface area contributed by atoms with Crippen LogP contribution in [0.15, 0.2) is 46.0 Å². The summed E-state index contributed by atoms with van der Waals surface area (Å²) in [6.45, 7) is 4.03. The molecule has 1 aromatic heterocycles. The molecule has 0 aliphatic carbocycles. The first-order valence-corrected chi connectivity index (χ1v) is 11.6. The Morgan fingerprint density at radius 3 is 2.64 bits per heavy atom. The van der Waals surface area contributed by atoms with Crippen LogP contribution in [0.25, 0.3) is 0 Å². The van der Waals surface area contributed by atoms with Crippen molar-refractivity contribution in [2.45, 2.75) is 30.0 Å². The van der Waals surface area contributed by atoms with Gasteiger partial charge >= 0.3 is 0 Å². The Labute approximate surface area is 169 Å². The predicted molar refractivity (Wildman–Crippen MR) is 110 cm³/mol. The van der Waals surface area contributed by atoms with Crippen LogP contribution < -0.4 is 14.8 Å². The van der Waals surface area contributed by atoms with Crippen LogP contribution in [0.2, 0.25) is 0 Å². The monoisotopic (exact) mass is 423 g/mol. The number of benzene rings is 1. The summed E-state index contributed by atoms with van der Waals surface area (Å²) in [5.74, 6) is 0.546. The number of sulfonamides is 1. The number of rotatable bonds is 8. The van der Waals surface area contributed by atoms with Crippen molar-refractivity contribution in [1.29, 1.82) is 0 Å². The number of nitrogens with one attached hydrogen (secondary N) is 2. The molecule has 7 nitrogen and oxygen atoms in total. The molecule has 0 atom stereocenters.